The molecule has 0 unspecified atom stereocenters. The average Bonchev–Trinajstić information content (AvgIpc) is 1.02. The Kier molecular flexibility index (Phi) is 86.4. The fraction of sp³-hybridized carbons (Fsp3) is 0.854. The zero-order valence-electron chi connectivity index (χ0n) is 84.9. The number of hydrogen-bond acceptors (Lipinski definition) is 37. The summed E-state index contributed by atoms with van der Waals surface area (Å²) >= 11 is 0. The van der Waals surface area contributed by atoms with Crippen molar-refractivity contribution in [3.8, 4) is 0 Å². The first-order chi connectivity index (χ1) is 67.4. The van der Waals surface area contributed by atoms with E-state index in [1.54, 1.807) is 25.8 Å². The highest BCUT2D eigenvalue weighted by Crippen LogP contribution is 2.08. The fourth-order valence-corrected chi connectivity index (χ4v) is 15.1. The first-order valence-electron chi connectivity index (χ1n) is 50.9. The Morgan fingerprint density at radius 3 is 0.799 bits per heavy atom. The molecule has 50 nitrogen and oxygen atoms in total. The number of nitrogens with two attached hydrogens (primary N) is 14. The smallest absolute Gasteiger partial charge is 0.226 e. The minimum atomic E-state index is -0.452. The molecule has 0 bridgehead atoms. The van der Waals surface area contributed by atoms with E-state index < -0.39 is 5.91 Å². The van der Waals surface area contributed by atoms with Crippen LogP contribution in [0.25, 0.3) is 0 Å². The van der Waals surface area contributed by atoms with Crippen LogP contribution >= 0.6 is 0 Å². The Hall–Kier alpha value is -7.69. The standard InChI is InChI=1S/C89H192N38O12/c1-2-45-122(86(136)11-49-117(59-21-96)60-22-97)70-36-106-31-5-85(135)127(75-44-112-78(128)3-29-105-37-72-125(66-28-103)84(134)4-30-104-34-35-107-32-15-90)77-76-124(88(138)13-51-119(63-25-100)64-26-101)54-10-83(133)114-43-74-126(89(139)14-52-120(65-27-102)67-39-111-82(132)9-53-123(71-38-108-33-16-91)87(137)12-50-118(61-23-98)62-24-99)73-42-113-81(131)8-48-121(68-40-109-79(129)6-46-115(55-17-92)56-18-93)69-41-110-80(130)7-47-116(57-19-94)58-20-95/h68,104-108H,2-67,69-77,90-103H2,1H3,(H5-,109,110,111,112,113,114,128,129,130,131,132,133)/p+1. The normalized spacial score (nSPS) is 11.6. The molecule has 0 aliphatic carbocycles. The van der Waals surface area contributed by atoms with Gasteiger partial charge in [-0.1, -0.05) is 6.92 Å². The maximum atomic E-state index is 14.6. The van der Waals surface area contributed by atoms with Crippen LogP contribution in [-0.4, -0.2) is 546 Å². The van der Waals surface area contributed by atoms with Gasteiger partial charge in [-0.25, -0.2) is 4.58 Å². The molecule has 0 aromatic rings. The van der Waals surface area contributed by atoms with Gasteiger partial charge in [-0.15, -0.1) is 0 Å². The highest BCUT2D eigenvalue weighted by atomic mass is 16.2. The summed E-state index contributed by atoms with van der Waals surface area (Å²) in [5.41, 5.74) is 81.7. The maximum absolute atomic E-state index is 14.6. The summed E-state index contributed by atoms with van der Waals surface area (Å²) in [5.74, 6) is -2.81. The summed E-state index contributed by atoms with van der Waals surface area (Å²) in [6.45, 7) is 24.7. The van der Waals surface area contributed by atoms with Gasteiger partial charge in [0, 0.05) is 450 Å². The number of carbonyl (C=O) groups is 12. The number of nitrogens with one attached hydrogen (secondary N) is 11. The lowest BCUT2D eigenvalue weighted by atomic mass is 10.2. The third-order valence-electron chi connectivity index (χ3n) is 22.9. The number of rotatable bonds is 98. The highest BCUT2D eigenvalue weighted by molar-refractivity contribution is 5.83. The van der Waals surface area contributed by atoms with Crippen molar-refractivity contribution in [3.05, 3.63) is 0 Å². The molecular formula is C89H193N38O12+. The molecule has 139 heavy (non-hydrogen) atoms. The number of carbonyl (C=O) groups excluding carboxylic acids is 12. The van der Waals surface area contributed by atoms with Gasteiger partial charge in [0.2, 0.25) is 70.9 Å². The van der Waals surface area contributed by atoms with Crippen molar-refractivity contribution in [2.45, 2.75) is 90.4 Å². The van der Waals surface area contributed by atoms with Crippen LogP contribution in [0.2, 0.25) is 0 Å². The van der Waals surface area contributed by atoms with Crippen LogP contribution in [0.3, 0.4) is 0 Å². The molecular weight excluding hydrogens is 1790 g/mol. The summed E-state index contributed by atoms with van der Waals surface area (Å²) in [6, 6.07) is 0. The molecule has 0 fully saturated rings. The lowest BCUT2D eigenvalue weighted by Crippen LogP contribution is -2.46. The zero-order chi connectivity index (χ0) is 103. The second-order valence-electron chi connectivity index (χ2n) is 33.9. The molecule has 0 saturated carbocycles. The summed E-state index contributed by atoms with van der Waals surface area (Å²) in [5, 5.41) is 33.9. The Balaban J connectivity index is 7.24. The zero-order valence-corrected chi connectivity index (χ0v) is 84.9. The average molecular weight is 1990 g/mol. The number of hydrogen-bond donors (Lipinski definition) is 25. The molecule has 12 amide bonds. The molecule has 0 heterocycles. The van der Waals surface area contributed by atoms with Gasteiger partial charge in [-0.2, -0.15) is 0 Å². The Labute approximate surface area is 829 Å². The summed E-state index contributed by atoms with van der Waals surface area (Å²) in [6.07, 6.45) is 3.70. The first kappa shape index (κ1) is 131. The summed E-state index contributed by atoms with van der Waals surface area (Å²) in [4.78, 5) is 187. The van der Waals surface area contributed by atoms with Crippen molar-refractivity contribution in [1.29, 1.82) is 0 Å². The van der Waals surface area contributed by atoms with E-state index in [0.717, 1.165) is 13.0 Å². The molecule has 39 N–H and O–H groups in total. The first-order valence-corrected chi connectivity index (χ1v) is 50.9. The van der Waals surface area contributed by atoms with E-state index in [0.29, 0.717) is 301 Å². The van der Waals surface area contributed by atoms with Gasteiger partial charge < -0.3 is 193 Å². The topological polar surface area (TPSA) is 743 Å². The molecule has 0 rings (SSSR count). The van der Waals surface area contributed by atoms with Crippen molar-refractivity contribution in [2.24, 2.45) is 80.3 Å². The summed E-state index contributed by atoms with van der Waals surface area (Å²) in [7, 11) is 0. The minimum Gasteiger partial charge on any atom is -0.355 e. The third kappa shape index (κ3) is 72.3. The second kappa shape index (κ2) is 91.5. The molecule has 50 heteroatoms. The predicted octanol–water partition coefficient (Wildman–Crippen LogP) is -15.0. The van der Waals surface area contributed by atoms with Crippen LogP contribution in [0.4, 0.5) is 0 Å². The molecule has 0 aromatic heterocycles. The third-order valence-corrected chi connectivity index (χ3v) is 22.9. The monoisotopic (exact) mass is 1990 g/mol. The van der Waals surface area contributed by atoms with Crippen molar-refractivity contribution in [3.63, 3.8) is 0 Å². The summed E-state index contributed by atoms with van der Waals surface area (Å²) < 4.78 is 1.84. The van der Waals surface area contributed by atoms with Gasteiger partial charge >= 0.3 is 0 Å². The van der Waals surface area contributed by atoms with Crippen LogP contribution in [0.15, 0.2) is 0 Å². The van der Waals surface area contributed by atoms with E-state index in [-0.39, 0.29) is 240 Å². The molecule has 0 aromatic carbocycles. The van der Waals surface area contributed by atoms with Crippen LogP contribution < -0.4 is 139 Å². The van der Waals surface area contributed by atoms with Crippen molar-refractivity contribution in [1.82, 2.24) is 117 Å². The fourth-order valence-electron chi connectivity index (χ4n) is 15.1. The molecule has 0 atom stereocenters. The van der Waals surface area contributed by atoms with E-state index in [1.165, 1.54) is 9.80 Å². The molecule has 0 aliphatic rings. The number of amides is 12. The maximum Gasteiger partial charge on any atom is 0.226 e. The van der Waals surface area contributed by atoms with Gasteiger partial charge in [-0.3, -0.25) is 62.4 Å². The van der Waals surface area contributed by atoms with Crippen LogP contribution in [-0.2, 0) is 57.5 Å². The van der Waals surface area contributed by atoms with Crippen LogP contribution in [0, 0.1) is 0 Å². The Bertz CT molecular complexity index is 3180. The second-order valence-corrected chi connectivity index (χ2v) is 33.9. The quantitative estimate of drug-likeness (QED) is 0.0153. The van der Waals surface area contributed by atoms with Gasteiger partial charge in [0.25, 0.3) is 0 Å². The molecule has 0 aliphatic heterocycles. The lowest BCUT2D eigenvalue weighted by molar-refractivity contribution is -0.521. The Morgan fingerprint density at radius 2 is 0.439 bits per heavy atom. The van der Waals surface area contributed by atoms with Gasteiger partial charge in [0.1, 0.15) is 0 Å². The van der Waals surface area contributed by atoms with E-state index in [1.807, 2.05) is 36.0 Å². The molecule has 0 spiro atoms. The van der Waals surface area contributed by atoms with Crippen molar-refractivity contribution in [2.75, 3.05) is 406 Å². The highest BCUT2D eigenvalue weighted by Gasteiger charge is 2.26. The van der Waals surface area contributed by atoms with Crippen molar-refractivity contribution < 1.29 is 62.1 Å². The van der Waals surface area contributed by atoms with Gasteiger partial charge in [-0.05, 0) is 6.42 Å². The number of nitrogens with zero attached hydrogens (tertiary/aromatic N) is 13. The lowest BCUT2D eigenvalue weighted by Gasteiger charge is -2.29. The SMILES string of the molecule is CCCN(CCNCCC(=O)N(CCNC(=O)CCNCCN(CCN)C(=O)CCNCCNCCN)CCN(CCC(=O)NCCN(CCNC(=O)CC[N+](=CCNC(=O)CCN(CCN)CCN)CCNC(=O)CCN(CCN)CCN)C(=O)CCN(CCN)CCNC(=O)CCN(CCNCCN)C(=O)CCN(CCN)CCN)C(=O)CCN(CCN)CCN)C(=O)CCN(CCN)CCN. The minimum absolute atomic E-state index is 0.00115. The van der Waals surface area contributed by atoms with Gasteiger partial charge in [0.15, 0.2) is 19.3 Å². The van der Waals surface area contributed by atoms with Crippen LogP contribution in [0.5, 0.6) is 0 Å². The van der Waals surface area contributed by atoms with E-state index in [4.69, 9.17) is 80.3 Å². The van der Waals surface area contributed by atoms with E-state index in [9.17, 15) is 57.5 Å². The molecule has 0 radical (unpaired) electrons. The largest absolute Gasteiger partial charge is 0.355 e. The van der Waals surface area contributed by atoms with Crippen molar-refractivity contribution >= 4 is 77.1 Å². The van der Waals surface area contributed by atoms with E-state index in [2.05, 4.69) is 63.4 Å². The molecule has 0 saturated heterocycles. The van der Waals surface area contributed by atoms with Crippen LogP contribution in [0.1, 0.15) is 90.4 Å². The van der Waals surface area contributed by atoms with Gasteiger partial charge in [0.05, 0.1) is 19.5 Å². The van der Waals surface area contributed by atoms with E-state index >= 15 is 0 Å². The molecule has 810 valence electrons. The Morgan fingerprint density at radius 1 is 0.194 bits per heavy atom. The predicted molar refractivity (Wildman–Crippen MR) is 549 cm³/mol.